The minimum atomic E-state index is -0.234. The minimum Gasteiger partial charge on any atom is -0.311 e. The van der Waals surface area contributed by atoms with E-state index in [0.717, 1.165) is 5.69 Å². The lowest BCUT2D eigenvalue weighted by Crippen LogP contribution is -2.22. The van der Waals surface area contributed by atoms with E-state index >= 15 is 0 Å². The highest BCUT2D eigenvalue weighted by atomic mass is 35.5. The van der Waals surface area contributed by atoms with Gasteiger partial charge in [-0.2, -0.15) is 5.10 Å². The molecule has 2 rings (SSSR count). The Morgan fingerprint density at radius 3 is 2.83 bits per heavy atom. The number of hydrogen-bond donors (Lipinski definition) is 1. The second kappa shape index (κ2) is 5.50. The standard InChI is InChI=1S/C13H15ClFN3/c1-16-12(13-5-6-17-18(13)2)8-9-7-10(14)3-4-11(9)15/h3-7,12,16H,8H2,1-2H3. The molecule has 0 aliphatic carbocycles. The molecule has 96 valence electrons. The molecule has 1 atom stereocenters. The molecule has 0 bridgehead atoms. The number of nitrogens with zero attached hydrogens (tertiary/aromatic N) is 2. The third-order valence-electron chi connectivity index (χ3n) is 3.00. The van der Waals surface area contributed by atoms with Crippen molar-refractivity contribution in [2.45, 2.75) is 12.5 Å². The van der Waals surface area contributed by atoms with Crippen molar-refractivity contribution in [3.05, 3.63) is 52.6 Å². The molecule has 0 amide bonds. The smallest absolute Gasteiger partial charge is 0.126 e. The molecule has 0 radical (unpaired) electrons. The molecule has 1 heterocycles. The number of likely N-dealkylation sites (N-methyl/N-ethyl adjacent to an activating group) is 1. The van der Waals surface area contributed by atoms with Crippen LogP contribution in [0.3, 0.4) is 0 Å². The Kier molecular flexibility index (Phi) is 3.99. The monoisotopic (exact) mass is 267 g/mol. The van der Waals surface area contributed by atoms with Gasteiger partial charge in [-0.25, -0.2) is 4.39 Å². The summed E-state index contributed by atoms with van der Waals surface area (Å²) in [6.07, 6.45) is 2.26. The first-order valence-corrected chi connectivity index (χ1v) is 6.08. The van der Waals surface area contributed by atoms with Crippen LogP contribution in [0.1, 0.15) is 17.3 Å². The molecular formula is C13H15ClFN3. The molecule has 0 aliphatic rings. The van der Waals surface area contributed by atoms with E-state index < -0.39 is 0 Å². The van der Waals surface area contributed by atoms with Gasteiger partial charge in [-0.15, -0.1) is 0 Å². The predicted octanol–water partition coefficient (Wildman–Crippen LogP) is 2.72. The molecule has 5 heteroatoms. The highest BCUT2D eigenvalue weighted by molar-refractivity contribution is 6.30. The van der Waals surface area contributed by atoms with Crippen molar-refractivity contribution in [3.8, 4) is 0 Å². The zero-order chi connectivity index (χ0) is 13.1. The number of hydrogen-bond acceptors (Lipinski definition) is 2. The lowest BCUT2D eigenvalue weighted by atomic mass is 10.0. The maximum atomic E-state index is 13.7. The van der Waals surface area contributed by atoms with E-state index in [2.05, 4.69) is 10.4 Å². The summed E-state index contributed by atoms with van der Waals surface area (Å²) in [5.41, 5.74) is 1.61. The van der Waals surface area contributed by atoms with E-state index in [-0.39, 0.29) is 11.9 Å². The van der Waals surface area contributed by atoms with E-state index in [1.807, 2.05) is 20.2 Å². The summed E-state index contributed by atoms with van der Waals surface area (Å²) < 4.78 is 15.5. The summed E-state index contributed by atoms with van der Waals surface area (Å²) in [5.74, 6) is -0.234. The first-order chi connectivity index (χ1) is 8.61. The Balaban J connectivity index is 2.26. The van der Waals surface area contributed by atoms with Gasteiger partial charge in [-0.05, 0) is 43.3 Å². The molecule has 0 fully saturated rings. The van der Waals surface area contributed by atoms with Crippen molar-refractivity contribution >= 4 is 11.6 Å². The van der Waals surface area contributed by atoms with Gasteiger partial charge in [-0.3, -0.25) is 4.68 Å². The van der Waals surface area contributed by atoms with Crippen molar-refractivity contribution < 1.29 is 4.39 Å². The first kappa shape index (κ1) is 13.1. The molecule has 18 heavy (non-hydrogen) atoms. The number of rotatable bonds is 4. The van der Waals surface area contributed by atoms with Crippen molar-refractivity contribution in [2.24, 2.45) is 7.05 Å². The Bertz CT molecular complexity index is 539. The van der Waals surface area contributed by atoms with Gasteiger partial charge >= 0.3 is 0 Å². The highest BCUT2D eigenvalue weighted by Crippen LogP contribution is 2.22. The summed E-state index contributed by atoms with van der Waals surface area (Å²) >= 11 is 5.90. The van der Waals surface area contributed by atoms with Gasteiger partial charge in [0.2, 0.25) is 0 Å². The van der Waals surface area contributed by atoms with Crippen molar-refractivity contribution in [1.82, 2.24) is 15.1 Å². The summed E-state index contributed by atoms with van der Waals surface area (Å²) in [6, 6.07) is 6.54. The molecule has 1 aromatic heterocycles. The topological polar surface area (TPSA) is 29.9 Å². The SMILES string of the molecule is CNC(Cc1cc(Cl)ccc1F)c1ccnn1C. The summed E-state index contributed by atoms with van der Waals surface area (Å²) in [4.78, 5) is 0. The first-order valence-electron chi connectivity index (χ1n) is 5.71. The van der Waals surface area contributed by atoms with E-state index in [4.69, 9.17) is 11.6 Å². The van der Waals surface area contributed by atoms with E-state index in [1.54, 1.807) is 23.0 Å². The molecule has 1 unspecified atom stereocenters. The van der Waals surface area contributed by atoms with Crippen LogP contribution in [0.2, 0.25) is 5.02 Å². The maximum absolute atomic E-state index is 13.7. The zero-order valence-electron chi connectivity index (χ0n) is 10.3. The molecule has 3 nitrogen and oxygen atoms in total. The molecule has 1 aromatic carbocycles. The van der Waals surface area contributed by atoms with Gasteiger partial charge in [0.25, 0.3) is 0 Å². The van der Waals surface area contributed by atoms with Gasteiger partial charge < -0.3 is 5.32 Å². The van der Waals surface area contributed by atoms with Gasteiger partial charge in [0.05, 0.1) is 11.7 Å². The van der Waals surface area contributed by atoms with E-state index in [0.29, 0.717) is 17.0 Å². The van der Waals surface area contributed by atoms with Crippen LogP contribution >= 0.6 is 11.6 Å². The molecule has 0 saturated heterocycles. The number of halogens is 2. The van der Waals surface area contributed by atoms with Crippen LogP contribution in [0.5, 0.6) is 0 Å². The van der Waals surface area contributed by atoms with E-state index in [1.165, 1.54) is 6.07 Å². The predicted molar refractivity (Wildman–Crippen MR) is 70.1 cm³/mol. The number of aromatic nitrogens is 2. The van der Waals surface area contributed by atoms with Gasteiger partial charge in [-0.1, -0.05) is 11.6 Å². The number of nitrogens with one attached hydrogen (secondary N) is 1. The quantitative estimate of drug-likeness (QED) is 0.923. The molecule has 0 spiro atoms. The van der Waals surface area contributed by atoms with Crippen LogP contribution in [0.25, 0.3) is 0 Å². The number of aryl methyl sites for hydroxylation is 1. The van der Waals surface area contributed by atoms with Crippen LogP contribution in [0.15, 0.2) is 30.5 Å². The lowest BCUT2D eigenvalue weighted by molar-refractivity contribution is 0.519. The fraction of sp³-hybridized carbons (Fsp3) is 0.308. The van der Waals surface area contributed by atoms with Crippen molar-refractivity contribution in [1.29, 1.82) is 0 Å². The lowest BCUT2D eigenvalue weighted by Gasteiger charge is -2.17. The fourth-order valence-corrected chi connectivity index (χ4v) is 2.19. The Morgan fingerprint density at radius 2 is 2.22 bits per heavy atom. The minimum absolute atomic E-state index is 0.00506. The fourth-order valence-electron chi connectivity index (χ4n) is 2.00. The Labute approximate surface area is 111 Å². The largest absolute Gasteiger partial charge is 0.311 e. The summed E-state index contributed by atoms with van der Waals surface area (Å²) in [6.45, 7) is 0. The Hall–Kier alpha value is -1.39. The second-order valence-electron chi connectivity index (χ2n) is 4.16. The van der Waals surface area contributed by atoms with E-state index in [9.17, 15) is 4.39 Å². The van der Waals surface area contributed by atoms with Crippen molar-refractivity contribution in [3.63, 3.8) is 0 Å². The third-order valence-corrected chi connectivity index (χ3v) is 3.23. The molecule has 1 N–H and O–H groups in total. The van der Waals surface area contributed by atoms with Crippen LogP contribution in [-0.2, 0) is 13.5 Å². The molecular weight excluding hydrogens is 253 g/mol. The van der Waals surface area contributed by atoms with Gasteiger partial charge in [0.1, 0.15) is 5.82 Å². The van der Waals surface area contributed by atoms with Crippen LogP contribution in [0.4, 0.5) is 4.39 Å². The highest BCUT2D eigenvalue weighted by Gasteiger charge is 2.15. The third kappa shape index (κ3) is 2.71. The summed E-state index contributed by atoms with van der Waals surface area (Å²) in [5, 5.41) is 7.84. The second-order valence-corrected chi connectivity index (χ2v) is 4.60. The van der Waals surface area contributed by atoms with Crippen LogP contribution in [-0.4, -0.2) is 16.8 Å². The Morgan fingerprint density at radius 1 is 1.44 bits per heavy atom. The average Bonchev–Trinajstić information content (AvgIpc) is 2.77. The van der Waals surface area contributed by atoms with Gasteiger partial charge in [0, 0.05) is 18.3 Å². The molecule has 0 saturated carbocycles. The normalized spacial score (nSPS) is 12.7. The average molecular weight is 268 g/mol. The molecule has 0 aliphatic heterocycles. The van der Waals surface area contributed by atoms with Crippen LogP contribution < -0.4 is 5.32 Å². The molecule has 2 aromatic rings. The van der Waals surface area contributed by atoms with Crippen LogP contribution in [0, 0.1) is 5.82 Å². The van der Waals surface area contributed by atoms with Gasteiger partial charge in [0.15, 0.2) is 0 Å². The maximum Gasteiger partial charge on any atom is 0.126 e. The summed E-state index contributed by atoms with van der Waals surface area (Å²) in [7, 11) is 3.72. The zero-order valence-corrected chi connectivity index (χ0v) is 11.1. The van der Waals surface area contributed by atoms with Crippen molar-refractivity contribution in [2.75, 3.05) is 7.05 Å². The number of benzene rings is 1.